The Morgan fingerprint density at radius 2 is 2.06 bits per heavy atom. The summed E-state index contributed by atoms with van der Waals surface area (Å²) in [4.78, 5) is 14.9. The van der Waals surface area contributed by atoms with E-state index in [9.17, 15) is 4.79 Å². The molecule has 0 bridgehead atoms. The van der Waals surface area contributed by atoms with E-state index in [-0.39, 0.29) is 5.78 Å². The molecule has 0 aliphatic rings. The molecule has 0 aliphatic carbocycles. The van der Waals surface area contributed by atoms with E-state index in [0.717, 1.165) is 5.56 Å². The minimum atomic E-state index is -0.0169. The largest absolute Gasteiger partial charge is 0.295 e. The molecular formula is C12H11N3O. The van der Waals surface area contributed by atoms with Gasteiger partial charge in [-0.2, -0.15) is 0 Å². The van der Waals surface area contributed by atoms with Crippen molar-refractivity contribution in [3.05, 3.63) is 42.7 Å². The van der Waals surface area contributed by atoms with Crippen molar-refractivity contribution in [1.82, 2.24) is 14.8 Å². The zero-order chi connectivity index (χ0) is 11.4. The fourth-order valence-corrected chi connectivity index (χ4v) is 1.25. The first kappa shape index (κ1) is 10.3. The van der Waals surface area contributed by atoms with Crippen LogP contribution in [0.15, 0.2) is 42.7 Å². The lowest BCUT2D eigenvalue weighted by Crippen LogP contribution is -1.89. The molecule has 0 fully saturated rings. The first-order valence-corrected chi connectivity index (χ1v) is 4.91. The summed E-state index contributed by atoms with van der Waals surface area (Å²) in [7, 11) is 0. The molecule has 0 amide bonds. The summed E-state index contributed by atoms with van der Waals surface area (Å²) in [6, 6.07) is 9.68. The topological polar surface area (TPSA) is 47.8 Å². The van der Waals surface area contributed by atoms with Crippen molar-refractivity contribution in [2.24, 2.45) is 0 Å². The number of hydrogen-bond donors (Lipinski definition) is 0. The molecule has 2 rings (SSSR count). The summed E-state index contributed by atoms with van der Waals surface area (Å²) in [6.07, 6.45) is 4.60. The average Bonchev–Trinajstić information content (AvgIpc) is 2.76. The van der Waals surface area contributed by atoms with Crippen LogP contribution in [0.2, 0.25) is 0 Å². The Balaban J connectivity index is 2.23. The molecule has 2 aromatic rings. The summed E-state index contributed by atoms with van der Waals surface area (Å²) in [6.45, 7) is 1.49. The van der Waals surface area contributed by atoms with Crippen LogP contribution in [0.1, 0.15) is 6.92 Å². The molecule has 1 aromatic heterocycles. The molecule has 0 unspecified atom stereocenters. The molecule has 16 heavy (non-hydrogen) atoms. The highest BCUT2D eigenvalue weighted by molar-refractivity contribution is 5.89. The van der Waals surface area contributed by atoms with E-state index in [1.807, 2.05) is 30.3 Å². The van der Waals surface area contributed by atoms with E-state index >= 15 is 0 Å². The average molecular weight is 213 g/mol. The Morgan fingerprint density at radius 1 is 1.31 bits per heavy atom. The summed E-state index contributed by atoms with van der Waals surface area (Å²) in [5.74, 6) is 0.630. The molecule has 0 saturated carbocycles. The van der Waals surface area contributed by atoms with E-state index in [1.165, 1.54) is 17.7 Å². The second kappa shape index (κ2) is 4.53. The van der Waals surface area contributed by atoms with E-state index in [2.05, 4.69) is 10.1 Å². The standard InChI is InChI=1S/C12H11N3O/c1-10(16)7-8-15-9-13-12(14-15)11-5-3-2-4-6-11/h2-9H,1H3/b8-7-. The zero-order valence-corrected chi connectivity index (χ0v) is 8.87. The zero-order valence-electron chi connectivity index (χ0n) is 8.87. The highest BCUT2D eigenvalue weighted by atomic mass is 16.1. The number of rotatable bonds is 3. The van der Waals surface area contributed by atoms with Crippen LogP contribution in [0, 0.1) is 0 Å². The summed E-state index contributed by atoms with van der Waals surface area (Å²) in [5.41, 5.74) is 0.956. The molecule has 0 aliphatic heterocycles. The lowest BCUT2D eigenvalue weighted by atomic mass is 10.2. The van der Waals surface area contributed by atoms with Gasteiger partial charge >= 0.3 is 0 Å². The highest BCUT2D eigenvalue weighted by Crippen LogP contribution is 2.12. The van der Waals surface area contributed by atoms with Crippen LogP contribution in [0.4, 0.5) is 0 Å². The quantitative estimate of drug-likeness (QED) is 0.733. The molecule has 4 heteroatoms. The molecule has 1 heterocycles. The van der Waals surface area contributed by atoms with E-state index in [1.54, 1.807) is 12.5 Å². The molecule has 1 aromatic carbocycles. The lowest BCUT2D eigenvalue weighted by molar-refractivity contribution is -0.112. The third kappa shape index (κ3) is 2.42. The van der Waals surface area contributed by atoms with Crippen molar-refractivity contribution in [2.45, 2.75) is 6.92 Å². The van der Waals surface area contributed by atoms with Gasteiger partial charge in [0.1, 0.15) is 6.33 Å². The van der Waals surface area contributed by atoms with Crippen LogP contribution in [0.25, 0.3) is 17.6 Å². The Bertz CT molecular complexity index is 514. The van der Waals surface area contributed by atoms with Crippen LogP contribution < -0.4 is 0 Å². The number of benzene rings is 1. The monoisotopic (exact) mass is 213 g/mol. The van der Waals surface area contributed by atoms with Crippen LogP contribution in [-0.4, -0.2) is 20.5 Å². The third-order valence-corrected chi connectivity index (χ3v) is 2.00. The van der Waals surface area contributed by atoms with Crippen LogP contribution in [-0.2, 0) is 4.79 Å². The smallest absolute Gasteiger partial charge is 0.181 e. The number of aromatic nitrogens is 3. The second-order valence-electron chi connectivity index (χ2n) is 3.34. The Labute approximate surface area is 93.2 Å². The SMILES string of the molecule is CC(=O)/C=C\n1cnc(-c2ccccc2)n1. The van der Waals surface area contributed by atoms with Gasteiger partial charge in [-0.1, -0.05) is 30.3 Å². The molecule has 0 N–H and O–H groups in total. The molecule has 0 atom stereocenters. The van der Waals surface area contributed by atoms with Gasteiger partial charge in [-0.15, -0.1) is 5.10 Å². The molecule has 0 saturated heterocycles. The number of ketones is 1. The van der Waals surface area contributed by atoms with Crippen molar-refractivity contribution in [2.75, 3.05) is 0 Å². The normalized spacial score (nSPS) is 10.8. The molecule has 0 radical (unpaired) electrons. The molecule has 4 nitrogen and oxygen atoms in total. The van der Waals surface area contributed by atoms with Gasteiger partial charge in [-0.05, 0) is 13.0 Å². The fourth-order valence-electron chi connectivity index (χ4n) is 1.25. The van der Waals surface area contributed by atoms with Gasteiger partial charge in [-0.3, -0.25) is 4.79 Å². The Hall–Kier alpha value is -2.23. The van der Waals surface area contributed by atoms with Crippen molar-refractivity contribution in [3.63, 3.8) is 0 Å². The van der Waals surface area contributed by atoms with Crippen molar-refractivity contribution in [3.8, 4) is 11.4 Å². The predicted octanol–water partition coefficient (Wildman–Crippen LogP) is 2.00. The molecule has 80 valence electrons. The first-order valence-electron chi connectivity index (χ1n) is 4.91. The van der Waals surface area contributed by atoms with E-state index in [4.69, 9.17) is 0 Å². The van der Waals surface area contributed by atoms with Crippen molar-refractivity contribution < 1.29 is 4.79 Å². The minimum Gasteiger partial charge on any atom is -0.295 e. The predicted molar refractivity (Wildman–Crippen MR) is 61.5 cm³/mol. The summed E-state index contributed by atoms with van der Waals surface area (Å²) >= 11 is 0. The maximum Gasteiger partial charge on any atom is 0.181 e. The van der Waals surface area contributed by atoms with Crippen LogP contribution in [0.3, 0.4) is 0 Å². The molecule has 0 spiro atoms. The van der Waals surface area contributed by atoms with Crippen molar-refractivity contribution in [1.29, 1.82) is 0 Å². The Kier molecular flexibility index (Phi) is 2.91. The first-order chi connectivity index (χ1) is 7.75. The van der Waals surface area contributed by atoms with Gasteiger partial charge < -0.3 is 0 Å². The van der Waals surface area contributed by atoms with Gasteiger partial charge in [0.05, 0.1) is 0 Å². The summed E-state index contributed by atoms with van der Waals surface area (Å²) < 4.78 is 1.52. The van der Waals surface area contributed by atoms with Crippen LogP contribution >= 0.6 is 0 Å². The van der Waals surface area contributed by atoms with E-state index in [0.29, 0.717) is 5.82 Å². The lowest BCUT2D eigenvalue weighted by Gasteiger charge is -1.92. The third-order valence-electron chi connectivity index (χ3n) is 2.00. The second-order valence-corrected chi connectivity index (χ2v) is 3.34. The number of hydrogen-bond acceptors (Lipinski definition) is 3. The maximum absolute atomic E-state index is 10.7. The van der Waals surface area contributed by atoms with Gasteiger partial charge in [0.2, 0.25) is 0 Å². The maximum atomic E-state index is 10.7. The minimum absolute atomic E-state index is 0.0169. The number of allylic oxidation sites excluding steroid dienone is 1. The van der Waals surface area contributed by atoms with Gasteiger partial charge in [0, 0.05) is 11.8 Å². The van der Waals surface area contributed by atoms with E-state index < -0.39 is 0 Å². The number of carbonyl (C=O) groups excluding carboxylic acids is 1. The van der Waals surface area contributed by atoms with Crippen molar-refractivity contribution >= 4 is 12.0 Å². The molecular weight excluding hydrogens is 202 g/mol. The van der Waals surface area contributed by atoms with Gasteiger partial charge in [0.25, 0.3) is 0 Å². The highest BCUT2D eigenvalue weighted by Gasteiger charge is 2.01. The fraction of sp³-hybridized carbons (Fsp3) is 0.0833. The Morgan fingerprint density at radius 3 is 2.75 bits per heavy atom. The van der Waals surface area contributed by atoms with Gasteiger partial charge in [0.15, 0.2) is 11.6 Å². The number of nitrogens with zero attached hydrogens (tertiary/aromatic N) is 3. The summed E-state index contributed by atoms with van der Waals surface area (Å²) in [5, 5.41) is 4.22. The number of carbonyl (C=O) groups is 1. The van der Waals surface area contributed by atoms with Gasteiger partial charge in [-0.25, -0.2) is 9.67 Å². The van der Waals surface area contributed by atoms with Crippen LogP contribution in [0.5, 0.6) is 0 Å².